The summed E-state index contributed by atoms with van der Waals surface area (Å²) in [6, 6.07) is 12.9. The Hall–Kier alpha value is -3.29. The number of aliphatic hydroxyl groups excluding tert-OH is 1. The van der Waals surface area contributed by atoms with Gasteiger partial charge < -0.3 is 23.8 Å². The highest BCUT2D eigenvalue weighted by Gasteiger charge is 2.23. The van der Waals surface area contributed by atoms with E-state index in [1.54, 1.807) is 13.0 Å². The van der Waals surface area contributed by atoms with E-state index in [-0.39, 0.29) is 40.1 Å². The third-order valence-corrected chi connectivity index (χ3v) is 5.22. The number of hydrogen-bond acceptors (Lipinski definition) is 7. The van der Waals surface area contributed by atoms with E-state index in [1.165, 1.54) is 12.3 Å². The van der Waals surface area contributed by atoms with Gasteiger partial charge in [0.25, 0.3) is 0 Å². The molecule has 7 nitrogen and oxygen atoms in total. The number of furan rings is 1. The fourth-order valence-electron chi connectivity index (χ4n) is 3.71. The Morgan fingerprint density at radius 1 is 1.16 bits per heavy atom. The molecule has 7 heteroatoms. The van der Waals surface area contributed by atoms with Gasteiger partial charge in [-0.2, -0.15) is 0 Å². The van der Waals surface area contributed by atoms with Crippen LogP contribution in [0.4, 0.5) is 0 Å². The number of aryl methyl sites for hydroxylation is 1. The summed E-state index contributed by atoms with van der Waals surface area (Å²) >= 11 is 0. The van der Waals surface area contributed by atoms with Gasteiger partial charge in [0, 0.05) is 19.2 Å². The minimum Gasteiger partial charge on any atom is -0.506 e. The van der Waals surface area contributed by atoms with Gasteiger partial charge in [0.05, 0.1) is 11.6 Å². The molecule has 0 saturated carbocycles. The average molecular weight is 423 g/mol. The van der Waals surface area contributed by atoms with Crippen LogP contribution in [-0.2, 0) is 6.54 Å². The maximum absolute atomic E-state index is 12.3. The Balaban J connectivity index is 1.57. The van der Waals surface area contributed by atoms with Gasteiger partial charge in [-0.25, -0.2) is 0 Å². The molecule has 2 aromatic carbocycles. The molecule has 4 aromatic rings. The average Bonchev–Trinajstić information content (AvgIpc) is 3.15. The molecule has 2 heterocycles. The van der Waals surface area contributed by atoms with Crippen LogP contribution in [-0.4, -0.2) is 40.9 Å². The van der Waals surface area contributed by atoms with Crippen LogP contribution >= 0.6 is 0 Å². The van der Waals surface area contributed by atoms with Crippen molar-refractivity contribution in [3.05, 3.63) is 70.3 Å². The molecule has 0 aliphatic heterocycles. The molecule has 4 rings (SSSR count). The SMILES string of the molecule is CCN(Cc1ccccc1)CC(O)COc1c2oc(C)cc2c(O)c2c(=O)ccoc12. The monoisotopic (exact) mass is 423 g/mol. The number of rotatable bonds is 8. The number of benzene rings is 2. The zero-order valence-electron chi connectivity index (χ0n) is 17.5. The van der Waals surface area contributed by atoms with Crippen molar-refractivity contribution < 1.29 is 23.8 Å². The lowest BCUT2D eigenvalue weighted by Gasteiger charge is -2.24. The van der Waals surface area contributed by atoms with Gasteiger partial charge in [-0.3, -0.25) is 9.69 Å². The number of ether oxygens (including phenoxy) is 1. The predicted octanol–water partition coefficient (Wildman–Crippen LogP) is 3.82. The first-order chi connectivity index (χ1) is 15.0. The Kier molecular flexibility index (Phi) is 5.97. The minimum atomic E-state index is -0.783. The van der Waals surface area contributed by atoms with Gasteiger partial charge in [0.15, 0.2) is 16.6 Å². The van der Waals surface area contributed by atoms with E-state index in [4.69, 9.17) is 13.6 Å². The summed E-state index contributed by atoms with van der Waals surface area (Å²) < 4.78 is 17.1. The van der Waals surface area contributed by atoms with Crippen LogP contribution in [0.1, 0.15) is 18.2 Å². The number of phenols is 1. The minimum absolute atomic E-state index is 0.0274. The molecule has 1 atom stereocenters. The van der Waals surface area contributed by atoms with Crippen molar-refractivity contribution in [2.45, 2.75) is 26.5 Å². The third-order valence-electron chi connectivity index (χ3n) is 5.22. The Morgan fingerprint density at radius 2 is 1.94 bits per heavy atom. The maximum Gasteiger partial charge on any atom is 0.206 e. The van der Waals surface area contributed by atoms with Crippen molar-refractivity contribution in [1.29, 1.82) is 0 Å². The summed E-state index contributed by atoms with van der Waals surface area (Å²) in [5.41, 5.74) is 1.15. The largest absolute Gasteiger partial charge is 0.506 e. The van der Waals surface area contributed by atoms with Crippen LogP contribution in [0.5, 0.6) is 11.5 Å². The number of aromatic hydroxyl groups is 1. The highest BCUT2D eigenvalue weighted by molar-refractivity contribution is 6.06. The molecule has 31 heavy (non-hydrogen) atoms. The molecule has 1 unspecified atom stereocenters. The highest BCUT2D eigenvalue weighted by Crippen LogP contribution is 2.42. The van der Waals surface area contributed by atoms with Crippen LogP contribution in [0.3, 0.4) is 0 Å². The highest BCUT2D eigenvalue weighted by atomic mass is 16.5. The summed E-state index contributed by atoms with van der Waals surface area (Å²) in [5, 5.41) is 21.6. The molecule has 2 N–H and O–H groups in total. The van der Waals surface area contributed by atoms with Crippen molar-refractivity contribution in [3.8, 4) is 11.5 Å². The fraction of sp³-hybridized carbons (Fsp3) is 0.292. The molecule has 0 saturated heterocycles. The number of aliphatic hydroxyl groups is 1. The van der Waals surface area contributed by atoms with Crippen LogP contribution < -0.4 is 10.2 Å². The van der Waals surface area contributed by atoms with Crippen LogP contribution in [0.2, 0.25) is 0 Å². The van der Waals surface area contributed by atoms with Crippen LogP contribution in [0.25, 0.3) is 21.9 Å². The van der Waals surface area contributed by atoms with Crippen molar-refractivity contribution >= 4 is 21.9 Å². The Bertz CT molecular complexity index is 1240. The second kappa shape index (κ2) is 8.83. The molecule has 162 valence electrons. The van der Waals surface area contributed by atoms with Crippen molar-refractivity contribution in [2.24, 2.45) is 0 Å². The summed E-state index contributed by atoms with van der Waals surface area (Å²) in [6.07, 6.45) is 0.460. The van der Waals surface area contributed by atoms with Gasteiger partial charge in [0.2, 0.25) is 5.75 Å². The lowest BCUT2D eigenvalue weighted by atomic mass is 10.1. The number of fused-ring (bicyclic) bond motifs is 2. The third kappa shape index (κ3) is 4.28. The van der Waals surface area contributed by atoms with Gasteiger partial charge in [0.1, 0.15) is 29.6 Å². The van der Waals surface area contributed by atoms with Gasteiger partial charge >= 0.3 is 0 Å². The molecule has 0 bridgehead atoms. The number of hydrogen-bond donors (Lipinski definition) is 2. The van der Waals surface area contributed by atoms with E-state index in [0.717, 1.165) is 12.1 Å². The van der Waals surface area contributed by atoms with E-state index in [9.17, 15) is 15.0 Å². The first kappa shape index (κ1) is 21.0. The second-order valence-corrected chi connectivity index (χ2v) is 7.54. The molecular formula is C24H25NO6. The molecule has 0 spiro atoms. The molecule has 0 amide bonds. The second-order valence-electron chi connectivity index (χ2n) is 7.54. The van der Waals surface area contributed by atoms with Gasteiger partial charge in [-0.05, 0) is 25.1 Å². The topological polar surface area (TPSA) is 96.3 Å². The smallest absolute Gasteiger partial charge is 0.206 e. The summed E-state index contributed by atoms with van der Waals surface area (Å²) in [6.45, 7) is 5.64. The normalized spacial score (nSPS) is 12.6. The zero-order chi connectivity index (χ0) is 22.0. The maximum atomic E-state index is 12.3. The van der Waals surface area contributed by atoms with Crippen LogP contribution in [0.15, 0.2) is 62.4 Å². The van der Waals surface area contributed by atoms with E-state index in [0.29, 0.717) is 24.2 Å². The predicted molar refractivity (Wildman–Crippen MR) is 118 cm³/mol. The molecular weight excluding hydrogens is 398 g/mol. The molecule has 2 aromatic heterocycles. The summed E-state index contributed by atoms with van der Waals surface area (Å²) in [5.74, 6) is 0.543. The number of nitrogens with zero attached hydrogens (tertiary/aromatic N) is 1. The number of likely N-dealkylation sites (N-methyl/N-ethyl adjacent to an activating group) is 1. The number of phenolic OH excluding ortho intramolecular Hbond substituents is 1. The lowest BCUT2D eigenvalue weighted by molar-refractivity contribution is 0.0678. The van der Waals surface area contributed by atoms with Crippen molar-refractivity contribution in [3.63, 3.8) is 0 Å². The fourth-order valence-corrected chi connectivity index (χ4v) is 3.71. The Morgan fingerprint density at radius 3 is 2.68 bits per heavy atom. The first-order valence-corrected chi connectivity index (χ1v) is 10.2. The van der Waals surface area contributed by atoms with E-state index >= 15 is 0 Å². The van der Waals surface area contributed by atoms with Gasteiger partial charge in [-0.15, -0.1) is 0 Å². The zero-order valence-corrected chi connectivity index (χ0v) is 17.5. The standard InChI is InChI=1S/C24H25NO6/c1-3-25(12-16-7-5-4-6-8-16)13-17(26)14-30-24-22-18(11-15(2)31-22)21(28)20-19(27)9-10-29-23(20)24/h4-11,17,26,28H,3,12-14H2,1-2H3. The van der Waals surface area contributed by atoms with E-state index in [2.05, 4.69) is 4.90 Å². The van der Waals surface area contributed by atoms with E-state index in [1.807, 2.05) is 37.3 Å². The molecule has 0 aliphatic carbocycles. The summed E-state index contributed by atoms with van der Waals surface area (Å²) in [4.78, 5) is 14.5. The Labute approximate surface area is 179 Å². The van der Waals surface area contributed by atoms with Crippen molar-refractivity contribution in [2.75, 3.05) is 19.7 Å². The van der Waals surface area contributed by atoms with Crippen molar-refractivity contribution in [1.82, 2.24) is 4.90 Å². The molecule has 0 aliphatic rings. The van der Waals surface area contributed by atoms with Gasteiger partial charge in [-0.1, -0.05) is 37.3 Å². The molecule has 0 fully saturated rings. The summed E-state index contributed by atoms with van der Waals surface area (Å²) in [7, 11) is 0. The van der Waals surface area contributed by atoms with Crippen LogP contribution in [0, 0.1) is 6.92 Å². The first-order valence-electron chi connectivity index (χ1n) is 10.2. The lowest BCUT2D eigenvalue weighted by Crippen LogP contribution is -2.35. The van der Waals surface area contributed by atoms with E-state index < -0.39 is 6.10 Å². The quantitative estimate of drug-likeness (QED) is 0.445. The molecule has 0 radical (unpaired) electrons.